The predicted octanol–water partition coefficient (Wildman–Crippen LogP) is 4.30. The van der Waals surface area contributed by atoms with Crippen molar-refractivity contribution < 1.29 is 28.2 Å². The number of ether oxygens (including phenoxy) is 1. The standard InChI is InChI=1S/C23H31F2N3O4S/c1-13(7-6-8-23(3,4)32-5)18-12-26-22(33-18)28-20(30)14(2)27-21(31)19(29)15-9-16(24)11-17(25)10-15/h9-14,19,29H,6-8H2,1-5H3,(H,27,31)(H,26,28,30). The van der Waals surface area contributed by atoms with Gasteiger partial charge in [-0.15, -0.1) is 11.3 Å². The second-order valence-corrected chi connectivity index (χ2v) is 9.71. The molecule has 10 heteroatoms. The van der Waals surface area contributed by atoms with Gasteiger partial charge >= 0.3 is 0 Å². The van der Waals surface area contributed by atoms with Crippen molar-refractivity contribution in [1.29, 1.82) is 0 Å². The number of aromatic nitrogens is 1. The molecule has 0 aliphatic rings. The predicted molar refractivity (Wildman–Crippen MR) is 123 cm³/mol. The Morgan fingerprint density at radius 2 is 1.82 bits per heavy atom. The fourth-order valence-corrected chi connectivity index (χ4v) is 4.01. The number of benzene rings is 1. The Bertz CT molecular complexity index is 947. The summed E-state index contributed by atoms with van der Waals surface area (Å²) in [4.78, 5) is 29.9. The van der Waals surface area contributed by atoms with Crippen LogP contribution in [-0.2, 0) is 14.3 Å². The van der Waals surface area contributed by atoms with Gasteiger partial charge in [-0.1, -0.05) is 6.92 Å². The van der Waals surface area contributed by atoms with Crippen molar-refractivity contribution in [2.45, 2.75) is 70.6 Å². The van der Waals surface area contributed by atoms with Crippen LogP contribution in [0, 0.1) is 11.6 Å². The average molecular weight is 484 g/mol. The van der Waals surface area contributed by atoms with Crippen LogP contribution in [0.4, 0.5) is 13.9 Å². The summed E-state index contributed by atoms with van der Waals surface area (Å²) in [5.74, 6) is -3.05. The van der Waals surface area contributed by atoms with E-state index in [4.69, 9.17) is 4.74 Å². The number of hydrogen-bond acceptors (Lipinski definition) is 6. The van der Waals surface area contributed by atoms with Crippen LogP contribution in [-0.4, -0.2) is 40.7 Å². The molecule has 3 atom stereocenters. The highest BCUT2D eigenvalue weighted by atomic mass is 32.1. The van der Waals surface area contributed by atoms with E-state index < -0.39 is 35.6 Å². The van der Waals surface area contributed by atoms with Gasteiger partial charge in [-0.05, 0) is 63.6 Å². The zero-order valence-corrected chi connectivity index (χ0v) is 20.3. The molecule has 2 amide bonds. The lowest BCUT2D eigenvalue weighted by molar-refractivity contribution is -0.132. The van der Waals surface area contributed by atoms with Crippen molar-refractivity contribution in [2.75, 3.05) is 12.4 Å². The first kappa shape index (κ1) is 26.8. The van der Waals surface area contributed by atoms with Crippen LogP contribution in [0.2, 0.25) is 0 Å². The summed E-state index contributed by atoms with van der Waals surface area (Å²) in [5, 5.41) is 15.4. The minimum atomic E-state index is -1.82. The number of carbonyl (C=O) groups excluding carboxylic acids is 2. The topological polar surface area (TPSA) is 101 Å². The average Bonchev–Trinajstić information content (AvgIpc) is 3.20. The van der Waals surface area contributed by atoms with Gasteiger partial charge in [0.05, 0.1) is 5.60 Å². The van der Waals surface area contributed by atoms with E-state index in [0.717, 1.165) is 36.3 Å². The maximum Gasteiger partial charge on any atom is 0.254 e. The monoisotopic (exact) mass is 483 g/mol. The largest absolute Gasteiger partial charge is 0.379 e. The number of thiazole rings is 1. The van der Waals surface area contributed by atoms with Crippen molar-refractivity contribution in [2.24, 2.45) is 0 Å². The number of halogens is 2. The molecule has 0 aliphatic heterocycles. The first-order valence-corrected chi connectivity index (χ1v) is 11.5. The molecule has 1 aromatic heterocycles. The lowest BCUT2D eigenvalue weighted by Gasteiger charge is -2.23. The number of aliphatic hydroxyl groups excluding tert-OH is 1. The smallest absolute Gasteiger partial charge is 0.254 e. The molecule has 0 saturated carbocycles. The Labute approximate surface area is 196 Å². The van der Waals surface area contributed by atoms with E-state index in [-0.39, 0.29) is 17.1 Å². The lowest BCUT2D eigenvalue weighted by atomic mass is 9.96. The Balaban J connectivity index is 1.88. The number of rotatable bonds is 11. The summed E-state index contributed by atoms with van der Waals surface area (Å²) in [7, 11) is 1.70. The minimum Gasteiger partial charge on any atom is -0.379 e. The van der Waals surface area contributed by atoms with Gasteiger partial charge in [0.25, 0.3) is 5.91 Å². The molecule has 0 bridgehead atoms. The lowest BCUT2D eigenvalue weighted by Crippen LogP contribution is -2.43. The molecular formula is C23H31F2N3O4S. The Hall–Kier alpha value is -2.43. The second-order valence-electron chi connectivity index (χ2n) is 8.65. The molecule has 2 aromatic rings. The van der Waals surface area contributed by atoms with Crippen molar-refractivity contribution >= 4 is 28.3 Å². The van der Waals surface area contributed by atoms with Crippen LogP contribution in [0.5, 0.6) is 0 Å². The molecule has 3 unspecified atom stereocenters. The highest BCUT2D eigenvalue weighted by Gasteiger charge is 2.24. The van der Waals surface area contributed by atoms with Gasteiger partial charge < -0.3 is 20.5 Å². The third kappa shape index (κ3) is 8.13. The molecule has 1 heterocycles. The third-order valence-electron chi connectivity index (χ3n) is 5.41. The van der Waals surface area contributed by atoms with E-state index in [1.807, 2.05) is 13.8 Å². The molecule has 7 nitrogen and oxygen atoms in total. The maximum atomic E-state index is 13.3. The summed E-state index contributed by atoms with van der Waals surface area (Å²) in [5.41, 5.74) is -0.408. The summed E-state index contributed by atoms with van der Waals surface area (Å²) in [6.45, 7) is 7.62. The Kier molecular flexibility index (Phi) is 9.45. The van der Waals surface area contributed by atoms with Crippen molar-refractivity contribution in [3.05, 3.63) is 46.5 Å². The SMILES string of the molecule is COC(C)(C)CCCC(C)c1cnc(NC(=O)C(C)NC(=O)C(O)c2cc(F)cc(F)c2)s1. The van der Waals surface area contributed by atoms with Gasteiger partial charge in [-0.25, -0.2) is 13.8 Å². The molecule has 0 radical (unpaired) electrons. The zero-order valence-electron chi connectivity index (χ0n) is 19.4. The number of anilines is 1. The van der Waals surface area contributed by atoms with Crippen LogP contribution in [0.15, 0.2) is 24.4 Å². The van der Waals surface area contributed by atoms with E-state index in [1.165, 1.54) is 18.3 Å². The fraction of sp³-hybridized carbons (Fsp3) is 0.522. The van der Waals surface area contributed by atoms with Crippen molar-refractivity contribution in [3.8, 4) is 0 Å². The third-order valence-corrected chi connectivity index (χ3v) is 6.55. The first-order chi connectivity index (χ1) is 15.4. The molecular weight excluding hydrogens is 452 g/mol. The van der Waals surface area contributed by atoms with Gasteiger partial charge in [0.1, 0.15) is 17.7 Å². The van der Waals surface area contributed by atoms with Crippen LogP contribution < -0.4 is 10.6 Å². The number of nitrogens with zero attached hydrogens (tertiary/aromatic N) is 1. The number of amides is 2. The molecule has 33 heavy (non-hydrogen) atoms. The van der Waals surface area contributed by atoms with Crippen LogP contribution >= 0.6 is 11.3 Å². The normalized spacial score (nSPS) is 14.4. The molecule has 1 aromatic carbocycles. The molecule has 0 spiro atoms. The van der Waals surface area contributed by atoms with Gasteiger partial charge in [-0.3, -0.25) is 9.59 Å². The van der Waals surface area contributed by atoms with Crippen molar-refractivity contribution in [3.63, 3.8) is 0 Å². The van der Waals surface area contributed by atoms with Gasteiger partial charge in [0, 0.05) is 24.3 Å². The van der Waals surface area contributed by atoms with E-state index in [1.54, 1.807) is 13.3 Å². The number of carbonyl (C=O) groups is 2. The van der Waals surface area contributed by atoms with E-state index in [9.17, 15) is 23.5 Å². The Morgan fingerprint density at radius 3 is 2.42 bits per heavy atom. The first-order valence-electron chi connectivity index (χ1n) is 10.7. The summed E-state index contributed by atoms with van der Waals surface area (Å²) in [6.07, 6.45) is 2.77. The van der Waals surface area contributed by atoms with Gasteiger partial charge in [0.15, 0.2) is 11.2 Å². The minimum absolute atomic E-state index is 0.163. The van der Waals surface area contributed by atoms with E-state index in [0.29, 0.717) is 11.2 Å². The van der Waals surface area contributed by atoms with Crippen LogP contribution in [0.25, 0.3) is 0 Å². The van der Waals surface area contributed by atoms with E-state index in [2.05, 4.69) is 22.5 Å². The number of aliphatic hydroxyl groups is 1. The second kappa shape index (κ2) is 11.6. The zero-order chi connectivity index (χ0) is 24.8. The van der Waals surface area contributed by atoms with Gasteiger partial charge in [0.2, 0.25) is 5.91 Å². The number of hydrogen-bond donors (Lipinski definition) is 3. The maximum absolute atomic E-state index is 13.3. The summed E-state index contributed by atoms with van der Waals surface area (Å²) in [6, 6.07) is 1.33. The molecule has 0 fully saturated rings. The van der Waals surface area contributed by atoms with Crippen LogP contribution in [0.1, 0.15) is 69.4 Å². The molecule has 0 aliphatic carbocycles. The molecule has 182 valence electrons. The summed E-state index contributed by atoms with van der Waals surface area (Å²) < 4.78 is 32.1. The highest BCUT2D eigenvalue weighted by molar-refractivity contribution is 7.15. The molecule has 2 rings (SSSR count). The molecule has 3 N–H and O–H groups in total. The van der Waals surface area contributed by atoms with Crippen molar-refractivity contribution in [1.82, 2.24) is 10.3 Å². The fourth-order valence-electron chi connectivity index (χ4n) is 3.11. The summed E-state index contributed by atoms with van der Waals surface area (Å²) >= 11 is 1.36. The van der Waals surface area contributed by atoms with E-state index >= 15 is 0 Å². The Morgan fingerprint density at radius 1 is 1.18 bits per heavy atom. The highest BCUT2D eigenvalue weighted by Crippen LogP contribution is 2.30. The number of methoxy groups -OCH3 is 1. The quantitative estimate of drug-likeness (QED) is 0.443. The number of nitrogens with one attached hydrogen (secondary N) is 2. The molecule has 0 saturated heterocycles. The van der Waals surface area contributed by atoms with Crippen LogP contribution in [0.3, 0.4) is 0 Å². The van der Waals surface area contributed by atoms with Gasteiger partial charge in [-0.2, -0.15) is 0 Å².